The Kier molecular flexibility index (Phi) is 7.19. The predicted octanol–water partition coefficient (Wildman–Crippen LogP) is 5.31. The minimum Gasteiger partial charge on any atom is -0.399 e. The SMILES string of the molecule is Cc1nc(C)c(-c2csc(CC(=O)Cc3cc(N)cc(C(=O)N[C@@H](C)c4ccccc4)c3)n2)s1. The molecule has 174 valence electrons. The monoisotopic (exact) mass is 490 g/mol. The number of nitrogens with two attached hydrogens (primary N) is 1. The summed E-state index contributed by atoms with van der Waals surface area (Å²) in [6.45, 7) is 5.87. The van der Waals surface area contributed by atoms with E-state index in [4.69, 9.17) is 5.73 Å². The van der Waals surface area contributed by atoms with Gasteiger partial charge in [0.25, 0.3) is 5.91 Å². The van der Waals surface area contributed by atoms with Crippen molar-refractivity contribution in [3.8, 4) is 10.6 Å². The third-order valence-corrected chi connectivity index (χ3v) is 7.31. The van der Waals surface area contributed by atoms with Crippen LogP contribution in [0, 0.1) is 13.8 Å². The quantitative estimate of drug-likeness (QED) is 0.326. The van der Waals surface area contributed by atoms with Crippen molar-refractivity contribution in [3.05, 3.63) is 86.3 Å². The van der Waals surface area contributed by atoms with Crippen LogP contribution in [0.4, 0.5) is 5.69 Å². The zero-order valence-electron chi connectivity index (χ0n) is 19.3. The number of nitrogens with one attached hydrogen (secondary N) is 1. The Morgan fingerprint density at radius 2 is 1.82 bits per heavy atom. The number of Topliss-reactive ketones (excluding diaryl/α,β-unsaturated/α-hetero) is 1. The largest absolute Gasteiger partial charge is 0.399 e. The molecule has 0 fully saturated rings. The van der Waals surface area contributed by atoms with Crippen LogP contribution >= 0.6 is 22.7 Å². The average Bonchev–Trinajstić information content (AvgIpc) is 3.38. The fraction of sp³-hybridized carbons (Fsp3) is 0.231. The molecule has 4 rings (SSSR count). The number of hydrogen-bond acceptors (Lipinski definition) is 7. The second-order valence-electron chi connectivity index (χ2n) is 8.24. The molecule has 3 N–H and O–H groups in total. The number of carbonyl (C=O) groups is 2. The van der Waals surface area contributed by atoms with E-state index in [-0.39, 0.29) is 30.6 Å². The van der Waals surface area contributed by atoms with Crippen molar-refractivity contribution < 1.29 is 9.59 Å². The van der Waals surface area contributed by atoms with Gasteiger partial charge >= 0.3 is 0 Å². The van der Waals surface area contributed by atoms with E-state index in [9.17, 15) is 9.59 Å². The Morgan fingerprint density at radius 3 is 2.53 bits per heavy atom. The summed E-state index contributed by atoms with van der Waals surface area (Å²) < 4.78 is 0. The first-order chi connectivity index (χ1) is 16.3. The van der Waals surface area contributed by atoms with E-state index in [1.54, 1.807) is 29.5 Å². The number of nitrogen functional groups attached to an aromatic ring is 1. The lowest BCUT2D eigenvalue weighted by Gasteiger charge is -2.15. The molecule has 0 radical (unpaired) electrons. The fourth-order valence-electron chi connectivity index (χ4n) is 3.78. The van der Waals surface area contributed by atoms with Gasteiger partial charge in [-0.3, -0.25) is 9.59 Å². The molecule has 0 saturated heterocycles. The molecule has 0 unspecified atom stereocenters. The summed E-state index contributed by atoms with van der Waals surface area (Å²) in [5.41, 5.74) is 10.5. The van der Waals surface area contributed by atoms with Gasteiger partial charge in [0.15, 0.2) is 0 Å². The number of rotatable bonds is 8. The molecule has 1 atom stereocenters. The summed E-state index contributed by atoms with van der Waals surface area (Å²) in [6, 6.07) is 14.7. The third kappa shape index (κ3) is 5.76. The van der Waals surface area contributed by atoms with Crippen LogP contribution in [0.3, 0.4) is 0 Å². The third-order valence-electron chi connectivity index (χ3n) is 5.36. The first kappa shape index (κ1) is 23.8. The molecule has 2 aromatic carbocycles. The van der Waals surface area contributed by atoms with Gasteiger partial charge in [-0.25, -0.2) is 9.97 Å². The molecule has 1 amide bonds. The molecule has 4 aromatic rings. The Bertz CT molecular complexity index is 1330. The van der Waals surface area contributed by atoms with Crippen LogP contribution in [-0.2, 0) is 17.6 Å². The molecule has 2 aromatic heterocycles. The summed E-state index contributed by atoms with van der Waals surface area (Å²) in [5.74, 6) is -0.204. The van der Waals surface area contributed by atoms with Crippen molar-refractivity contribution >= 4 is 40.1 Å². The first-order valence-electron chi connectivity index (χ1n) is 10.9. The standard InChI is InChI=1S/C26H26N4O2S2/c1-15(19-7-5-4-6-8-19)29-26(32)20-9-18(10-21(27)12-20)11-22(31)13-24-30-23(14-33-24)25-16(2)28-17(3)34-25/h4-10,12,14-15H,11,13,27H2,1-3H3,(H,29,32)/t15-/m0/s1. The number of aryl methyl sites for hydroxylation is 2. The number of ketones is 1. The normalized spacial score (nSPS) is 11.9. The van der Waals surface area contributed by atoms with Crippen LogP contribution in [0.5, 0.6) is 0 Å². The first-order valence-corrected chi connectivity index (χ1v) is 12.6. The number of anilines is 1. The highest BCUT2D eigenvalue weighted by Crippen LogP contribution is 2.30. The summed E-state index contributed by atoms with van der Waals surface area (Å²) in [5, 5.41) is 6.73. The number of amides is 1. The van der Waals surface area contributed by atoms with E-state index in [1.165, 1.54) is 11.3 Å². The van der Waals surface area contributed by atoms with E-state index in [1.807, 2.05) is 56.5 Å². The lowest BCUT2D eigenvalue weighted by molar-refractivity contribution is -0.117. The smallest absolute Gasteiger partial charge is 0.251 e. The molecular weight excluding hydrogens is 464 g/mol. The Labute approximate surface area is 206 Å². The number of carbonyl (C=O) groups excluding carboxylic acids is 2. The van der Waals surface area contributed by atoms with E-state index in [2.05, 4.69) is 15.3 Å². The van der Waals surface area contributed by atoms with Crippen LogP contribution < -0.4 is 11.1 Å². The van der Waals surface area contributed by atoms with Crippen molar-refractivity contribution in [2.75, 3.05) is 5.73 Å². The maximum atomic E-state index is 12.8. The minimum absolute atomic E-state index is 0.0210. The van der Waals surface area contributed by atoms with Gasteiger partial charge in [0, 0.05) is 23.1 Å². The molecule has 0 bridgehead atoms. The summed E-state index contributed by atoms with van der Waals surface area (Å²) in [7, 11) is 0. The van der Waals surface area contributed by atoms with Crippen LogP contribution in [0.15, 0.2) is 53.9 Å². The van der Waals surface area contributed by atoms with Crippen LogP contribution in [0.1, 0.15) is 50.2 Å². The molecule has 0 aliphatic rings. The second-order valence-corrected chi connectivity index (χ2v) is 10.4. The Hall–Kier alpha value is -3.36. The summed E-state index contributed by atoms with van der Waals surface area (Å²) >= 11 is 3.08. The topological polar surface area (TPSA) is 98.0 Å². The maximum Gasteiger partial charge on any atom is 0.251 e. The summed E-state index contributed by atoms with van der Waals surface area (Å²) in [4.78, 5) is 35.7. The van der Waals surface area contributed by atoms with Gasteiger partial charge in [-0.15, -0.1) is 22.7 Å². The van der Waals surface area contributed by atoms with Gasteiger partial charge in [0.1, 0.15) is 10.8 Å². The van der Waals surface area contributed by atoms with E-state index in [0.29, 0.717) is 16.8 Å². The summed E-state index contributed by atoms with van der Waals surface area (Å²) in [6.07, 6.45) is 0.427. The van der Waals surface area contributed by atoms with Crippen molar-refractivity contribution in [2.45, 2.75) is 39.7 Å². The van der Waals surface area contributed by atoms with Crippen LogP contribution in [0.25, 0.3) is 10.6 Å². The van der Waals surface area contributed by atoms with Gasteiger partial charge in [0.05, 0.1) is 33.7 Å². The van der Waals surface area contributed by atoms with Crippen molar-refractivity contribution in [1.82, 2.24) is 15.3 Å². The van der Waals surface area contributed by atoms with Crippen molar-refractivity contribution in [2.24, 2.45) is 0 Å². The van der Waals surface area contributed by atoms with E-state index >= 15 is 0 Å². The second kappa shape index (κ2) is 10.3. The molecule has 0 aliphatic carbocycles. The molecule has 34 heavy (non-hydrogen) atoms. The lowest BCUT2D eigenvalue weighted by Crippen LogP contribution is -2.26. The minimum atomic E-state index is -0.225. The number of thiazole rings is 2. The predicted molar refractivity (Wildman–Crippen MR) is 138 cm³/mol. The number of aromatic nitrogens is 2. The Balaban J connectivity index is 1.41. The van der Waals surface area contributed by atoms with Gasteiger partial charge in [-0.1, -0.05) is 30.3 Å². The lowest BCUT2D eigenvalue weighted by atomic mass is 10.0. The zero-order chi connectivity index (χ0) is 24.2. The zero-order valence-corrected chi connectivity index (χ0v) is 20.9. The molecule has 6 nitrogen and oxygen atoms in total. The fourth-order valence-corrected chi connectivity index (χ4v) is 5.55. The van der Waals surface area contributed by atoms with Gasteiger partial charge < -0.3 is 11.1 Å². The molecular formula is C26H26N4O2S2. The molecule has 0 saturated carbocycles. The highest BCUT2D eigenvalue weighted by molar-refractivity contribution is 7.16. The van der Waals surface area contributed by atoms with Crippen LogP contribution in [0.2, 0.25) is 0 Å². The van der Waals surface area contributed by atoms with Crippen molar-refractivity contribution in [1.29, 1.82) is 0 Å². The number of benzene rings is 2. The highest BCUT2D eigenvalue weighted by atomic mass is 32.1. The Morgan fingerprint density at radius 1 is 1.06 bits per heavy atom. The molecule has 2 heterocycles. The van der Waals surface area contributed by atoms with Gasteiger partial charge in [-0.05, 0) is 50.1 Å². The molecule has 8 heteroatoms. The van der Waals surface area contributed by atoms with E-state index < -0.39 is 0 Å². The maximum absolute atomic E-state index is 12.8. The molecule has 0 spiro atoms. The number of nitrogens with zero attached hydrogens (tertiary/aromatic N) is 2. The number of hydrogen-bond donors (Lipinski definition) is 2. The molecule has 0 aliphatic heterocycles. The highest BCUT2D eigenvalue weighted by Gasteiger charge is 2.16. The average molecular weight is 491 g/mol. The van der Waals surface area contributed by atoms with Gasteiger partial charge in [0.2, 0.25) is 0 Å². The van der Waals surface area contributed by atoms with Gasteiger partial charge in [-0.2, -0.15) is 0 Å². The van der Waals surface area contributed by atoms with E-state index in [0.717, 1.165) is 31.8 Å². The van der Waals surface area contributed by atoms with Crippen molar-refractivity contribution in [3.63, 3.8) is 0 Å². The van der Waals surface area contributed by atoms with Crippen LogP contribution in [-0.4, -0.2) is 21.7 Å².